The largest absolute Gasteiger partial charge is 0.349 e. The van der Waals surface area contributed by atoms with E-state index in [4.69, 9.17) is 0 Å². The number of hydrogen-bond acceptors (Lipinski definition) is 5. The van der Waals surface area contributed by atoms with Gasteiger partial charge in [0.05, 0.1) is 6.54 Å². The van der Waals surface area contributed by atoms with Crippen LogP contribution in [0.3, 0.4) is 0 Å². The van der Waals surface area contributed by atoms with Crippen LogP contribution in [0.25, 0.3) is 0 Å². The molecular weight excluding hydrogens is 366 g/mol. The monoisotopic (exact) mass is 399 g/mol. The first-order chi connectivity index (χ1) is 13.9. The highest BCUT2D eigenvalue weighted by Gasteiger charge is 2.28. The zero-order valence-electron chi connectivity index (χ0n) is 17.8. The summed E-state index contributed by atoms with van der Waals surface area (Å²) in [6.45, 7) is 9.56. The average molecular weight is 400 g/mol. The molecule has 0 saturated carbocycles. The van der Waals surface area contributed by atoms with E-state index in [1.54, 1.807) is 0 Å². The maximum Gasteiger partial charge on any atom is 0.267 e. The molecular formula is C22H33N5O2. The van der Waals surface area contributed by atoms with Crippen molar-refractivity contribution in [3.8, 4) is 0 Å². The quantitative estimate of drug-likeness (QED) is 0.755. The molecule has 158 valence electrons. The van der Waals surface area contributed by atoms with Crippen molar-refractivity contribution in [1.29, 1.82) is 0 Å². The molecule has 0 spiro atoms. The summed E-state index contributed by atoms with van der Waals surface area (Å²) in [5.41, 5.74) is 1.45. The zero-order chi connectivity index (χ0) is 20.8. The maximum atomic E-state index is 12.8. The molecule has 2 aliphatic rings. The van der Waals surface area contributed by atoms with Gasteiger partial charge in [-0.2, -0.15) is 5.10 Å². The maximum absolute atomic E-state index is 12.8. The van der Waals surface area contributed by atoms with Crippen LogP contribution < -0.4 is 5.32 Å². The molecule has 1 aromatic carbocycles. The van der Waals surface area contributed by atoms with E-state index in [9.17, 15) is 9.59 Å². The summed E-state index contributed by atoms with van der Waals surface area (Å²) in [4.78, 5) is 29.8. The van der Waals surface area contributed by atoms with Gasteiger partial charge in [0.15, 0.2) is 0 Å². The number of amides is 2. The number of nitrogens with one attached hydrogen (secondary N) is 1. The van der Waals surface area contributed by atoms with Crippen molar-refractivity contribution in [2.75, 3.05) is 39.8 Å². The van der Waals surface area contributed by atoms with E-state index in [2.05, 4.69) is 41.1 Å². The van der Waals surface area contributed by atoms with Gasteiger partial charge in [0.1, 0.15) is 5.71 Å². The third-order valence-electron chi connectivity index (χ3n) is 5.79. The molecule has 7 nitrogen and oxygen atoms in total. The Kier molecular flexibility index (Phi) is 7.39. The highest BCUT2D eigenvalue weighted by molar-refractivity contribution is 6.39. The Hall–Kier alpha value is -2.25. The first kappa shape index (κ1) is 21.5. The number of hydrazone groups is 1. The molecule has 1 fully saturated rings. The normalized spacial score (nSPS) is 19.9. The number of rotatable bonds is 7. The molecule has 3 rings (SSSR count). The van der Waals surface area contributed by atoms with E-state index in [0.29, 0.717) is 43.6 Å². The first-order valence-corrected chi connectivity index (χ1v) is 10.6. The van der Waals surface area contributed by atoms with Gasteiger partial charge in [0.2, 0.25) is 5.91 Å². The summed E-state index contributed by atoms with van der Waals surface area (Å²) in [6, 6.07) is 10.0. The second kappa shape index (κ2) is 9.98. The minimum atomic E-state index is -0.157. The molecule has 2 heterocycles. The van der Waals surface area contributed by atoms with E-state index in [1.807, 2.05) is 30.3 Å². The Morgan fingerprint density at radius 2 is 1.79 bits per heavy atom. The number of nitrogens with zero attached hydrogens (tertiary/aromatic N) is 4. The lowest BCUT2D eigenvalue weighted by Crippen LogP contribution is -2.54. The number of carbonyl (C=O) groups excluding carboxylic acids is 2. The Morgan fingerprint density at radius 3 is 2.45 bits per heavy atom. The van der Waals surface area contributed by atoms with Gasteiger partial charge in [0.25, 0.3) is 5.91 Å². The summed E-state index contributed by atoms with van der Waals surface area (Å²) in [5.74, 6) is 0.251. The van der Waals surface area contributed by atoms with E-state index in [1.165, 1.54) is 5.01 Å². The molecule has 29 heavy (non-hydrogen) atoms. The molecule has 1 atom stereocenters. The molecule has 0 aromatic heterocycles. The highest BCUT2D eigenvalue weighted by Crippen LogP contribution is 2.15. The van der Waals surface area contributed by atoms with Crippen LogP contribution in [0.5, 0.6) is 0 Å². The molecule has 1 saturated heterocycles. The van der Waals surface area contributed by atoms with Crippen molar-refractivity contribution >= 4 is 17.5 Å². The summed E-state index contributed by atoms with van der Waals surface area (Å²) in [6.07, 6.45) is 0.724. The molecule has 2 amide bonds. The summed E-state index contributed by atoms with van der Waals surface area (Å²) >= 11 is 0. The number of likely N-dealkylation sites (N-methyl/N-ethyl adjacent to an activating group) is 1. The highest BCUT2D eigenvalue weighted by atomic mass is 16.2. The molecule has 0 radical (unpaired) electrons. The lowest BCUT2D eigenvalue weighted by atomic mass is 10.0. The summed E-state index contributed by atoms with van der Waals surface area (Å²) in [5, 5.41) is 8.87. The molecule has 7 heteroatoms. The van der Waals surface area contributed by atoms with Crippen LogP contribution in [0.4, 0.5) is 0 Å². The fourth-order valence-electron chi connectivity index (χ4n) is 3.88. The van der Waals surface area contributed by atoms with E-state index >= 15 is 0 Å². The predicted molar refractivity (Wildman–Crippen MR) is 114 cm³/mol. The zero-order valence-corrected chi connectivity index (χ0v) is 17.8. The number of carbonyl (C=O) groups is 2. The molecule has 0 unspecified atom stereocenters. The average Bonchev–Trinajstić information content (AvgIpc) is 2.71. The predicted octanol–water partition coefficient (Wildman–Crippen LogP) is 1.55. The third kappa shape index (κ3) is 5.87. The van der Waals surface area contributed by atoms with Crippen molar-refractivity contribution < 1.29 is 9.59 Å². The molecule has 2 aliphatic heterocycles. The van der Waals surface area contributed by atoms with Gasteiger partial charge in [0, 0.05) is 51.6 Å². The van der Waals surface area contributed by atoms with Gasteiger partial charge in [-0.1, -0.05) is 44.2 Å². The van der Waals surface area contributed by atoms with Crippen LogP contribution in [0.15, 0.2) is 35.4 Å². The lowest BCUT2D eigenvalue weighted by Gasteiger charge is -2.40. The van der Waals surface area contributed by atoms with Crippen LogP contribution >= 0.6 is 0 Å². The Morgan fingerprint density at radius 1 is 1.10 bits per heavy atom. The number of benzene rings is 1. The number of piperazine rings is 1. The van der Waals surface area contributed by atoms with Crippen LogP contribution in [0.1, 0.15) is 32.3 Å². The Balaban J connectivity index is 1.59. The molecule has 0 aliphatic carbocycles. The van der Waals surface area contributed by atoms with Crippen molar-refractivity contribution in [2.24, 2.45) is 11.0 Å². The van der Waals surface area contributed by atoms with Crippen molar-refractivity contribution in [2.45, 2.75) is 39.3 Å². The second-order valence-electron chi connectivity index (χ2n) is 8.34. The Bertz CT molecular complexity index is 726. The number of hydrogen-bond donors (Lipinski definition) is 1. The van der Waals surface area contributed by atoms with Gasteiger partial charge >= 0.3 is 0 Å². The van der Waals surface area contributed by atoms with Gasteiger partial charge < -0.3 is 10.2 Å². The van der Waals surface area contributed by atoms with E-state index in [0.717, 1.165) is 31.7 Å². The molecule has 1 N–H and O–H groups in total. The van der Waals surface area contributed by atoms with Gasteiger partial charge in [-0.05, 0) is 18.5 Å². The van der Waals surface area contributed by atoms with Crippen molar-refractivity contribution in [3.63, 3.8) is 0 Å². The van der Waals surface area contributed by atoms with Crippen molar-refractivity contribution in [1.82, 2.24) is 20.1 Å². The minimum absolute atomic E-state index is 0.0390. The topological polar surface area (TPSA) is 68.2 Å². The van der Waals surface area contributed by atoms with Crippen LogP contribution in [0.2, 0.25) is 0 Å². The molecule has 1 aromatic rings. The fourth-order valence-corrected chi connectivity index (χ4v) is 3.88. The van der Waals surface area contributed by atoms with Crippen molar-refractivity contribution in [3.05, 3.63) is 35.9 Å². The fraction of sp³-hybridized carbons (Fsp3) is 0.591. The van der Waals surface area contributed by atoms with Crippen LogP contribution in [0, 0.1) is 5.92 Å². The lowest BCUT2D eigenvalue weighted by molar-refractivity contribution is -0.132. The standard InChI is InChI=1S/C22H33N5O2/c1-17(2)20(26-13-11-25(3)12-14-26)15-23-22(29)19-9-10-21(28)27(24-19)16-18-7-5-4-6-8-18/h4-8,17,20H,9-16H2,1-3H3,(H,23,29)/t20-/m1/s1. The van der Waals surface area contributed by atoms with Crippen LogP contribution in [-0.2, 0) is 16.1 Å². The van der Waals surface area contributed by atoms with Crippen LogP contribution in [-0.4, -0.2) is 78.1 Å². The first-order valence-electron chi connectivity index (χ1n) is 10.6. The Labute approximate surface area is 173 Å². The second-order valence-corrected chi connectivity index (χ2v) is 8.34. The van der Waals surface area contributed by atoms with Gasteiger partial charge in [-0.15, -0.1) is 0 Å². The van der Waals surface area contributed by atoms with Gasteiger partial charge in [-0.3, -0.25) is 14.5 Å². The minimum Gasteiger partial charge on any atom is -0.349 e. The summed E-state index contributed by atoms with van der Waals surface area (Å²) < 4.78 is 0. The smallest absolute Gasteiger partial charge is 0.267 e. The van der Waals surface area contributed by atoms with E-state index in [-0.39, 0.29) is 11.8 Å². The molecule has 0 bridgehead atoms. The summed E-state index contributed by atoms with van der Waals surface area (Å²) in [7, 11) is 2.15. The van der Waals surface area contributed by atoms with Gasteiger partial charge in [-0.25, -0.2) is 5.01 Å². The van der Waals surface area contributed by atoms with E-state index < -0.39 is 0 Å². The SMILES string of the molecule is CC(C)[C@@H](CNC(=O)C1=NN(Cc2ccccc2)C(=O)CC1)N1CCN(C)CC1. The third-order valence-corrected chi connectivity index (χ3v) is 5.79.